The second-order valence-electron chi connectivity index (χ2n) is 6.13. The number of aryl methyl sites for hydroxylation is 2. The molecule has 1 saturated heterocycles. The lowest BCUT2D eigenvalue weighted by atomic mass is 9.97. The van der Waals surface area contributed by atoms with Crippen LogP contribution in [-0.2, 0) is 13.0 Å². The Morgan fingerprint density at radius 3 is 2.73 bits per heavy atom. The number of hydrogen-bond donors (Lipinski definition) is 1. The molecule has 1 aliphatic heterocycles. The first-order chi connectivity index (χ1) is 11.8. The van der Waals surface area contributed by atoms with E-state index in [-0.39, 0.29) is 24.8 Å². The summed E-state index contributed by atoms with van der Waals surface area (Å²) in [6.07, 6.45) is 5.14. The van der Waals surface area contributed by atoms with Gasteiger partial charge in [-0.25, -0.2) is 0 Å². The number of thioether (sulfide) groups is 1. The van der Waals surface area contributed by atoms with Gasteiger partial charge in [-0.1, -0.05) is 23.9 Å². The number of hydrogen-bond acceptors (Lipinski definition) is 5. The molecule has 3 rings (SSSR count). The monoisotopic (exact) mass is 415 g/mol. The van der Waals surface area contributed by atoms with E-state index in [1.807, 2.05) is 19.1 Å². The highest BCUT2D eigenvalue weighted by Gasteiger charge is 2.22. The number of allylic oxidation sites excluding steroid dienone is 1. The number of aromatic nitrogens is 4. The normalized spacial score (nSPS) is 14.3. The zero-order chi connectivity index (χ0) is 16.8. The first-order valence-corrected chi connectivity index (χ1v) is 9.56. The van der Waals surface area contributed by atoms with Crippen LogP contribution in [0.4, 0.5) is 0 Å². The highest BCUT2D eigenvalue weighted by Crippen LogP contribution is 2.27. The van der Waals surface area contributed by atoms with Crippen LogP contribution in [0, 0.1) is 6.92 Å². The van der Waals surface area contributed by atoms with Crippen LogP contribution in [0.5, 0.6) is 0 Å². The second kappa shape index (κ2) is 11.6. The molecule has 0 unspecified atom stereocenters. The van der Waals surface area contributed by atoms with Crippen LogP contribution >= 0.6 is 36.6 Å². The largest absolute Gasteiger partial charge is 0.317 e. The van der Waals surface area contributed by atoms with E-state index in [0.29, 0.717) is 5.92 Å². The molecule has 0 bridgehead atoms. The molecule has 2 aromatic heterocycles. The van der Waals surface area contributed by atoms with Crippen molar-refractivity contribution >= 4 is 36.6 Å². The maximum atomic E-state index is 4.56. The molecule has 3 heterocycles. The zero-order valence-electron chi connectivity index (χ0n) is 15.1. The first-order valence-electron chi connectivity index (χ1n) is 8.58. The summed E-state index contributed by atoms with van der Waals surface area (Å²) in [6.45, 7) is 8.82. The van der Waals surface area contributed by atoms with E-state index >= 15 is 0 Å². The minimum atomic E-state index is 0. The van der Waals surface area contributed by atoms with Crippen LogP contribution in [0.25, 0.3) is 0 Å². The predicted octanol–water partition coefficient (Wildman–Crippen LogP) is 3.81. The van der Waals surface area contributed by atoms with Crippen molar-refractivity contribution in [2.24, 2.45) is 0 Å². The molecule has 0 amide bonds. The molecule has 26 heavy (non-hydrogen) atoms. The fourth-order valence-corrected chi connectivity index (χ4v) is 3.99. The SMILES string of the molecule is C=CCn1c(SCCc2cccc(C)n2)nnc1C1CCNCC1.Cl.Cl. The van der Waals surface area contributed by atoms with Gasteiger partial charge in [0.15, 0.2) is 5.16 Å². The molecule has 5 nitrogen and oxygen atoms in total. The molecule has 0 saturated carbocycles. The maximum Gasteiger partial charge on any atom is 0.191 e. The third kappa shape index (κ3) is 5.98. The minimum Gasteiger partial charge on any atom is -0.317 e. The summed E-state index contributed by atoms with van der Waals surface area (Å²) in [5.41, 5.74) is 2.20. The van der Waals surface area contributed by atoms with Gasteiger partial charge in [-0.3, -0.25) is 4.98 Å². The van der Waals surface area contributed by atoms with E-state index in [9.17, 15) is 0 Å². The quantitative estimate of drug-likeness (QED) is 0.550. The second-order valence-corrected chi connectivity index (χ2v) is 7.20. The topological polar surface area (TPSA) is 55.6 Å². The molecule has 1 N–H and O–H groups in total. The first kappa shape index (κ1) is 23.0. The molecular formula is C18H27Cl2N5S. The van der Waals surface area contributed by atoms with E-state index in [1.54, 1.807) is 11.8 Å². The molecule has 0 atom stereocenters. The number of piperidine rings is 1. The molecule has 8 heteroatoms. The van der Waals surface area contributed by atoms with Gasteiger partial charge < -0.3 is 9.88 Å². The maximum absolute atomic E-state index is 4.56. The van der Waals surface area contributed by atoms with Gasteiger partial charge in [0, 0.05) is 29.6 Å². The van der Waals surface area contributed by atoms with E-state index in [0.717, 1.165) is 67.0 Å². The van der Waals surface area contributed by atoms with Crippen molar-refractivity contribution in [3.05, 3.63) is 48.1 Å². The summed E-state index contributed by atoms with van der Waals surface area (Å²) in [4.78, 5) is 4.56. The average molecular weight is 416 g/mol. The summed E-state index contributed by atoms with van der Waals surface area (Å²) in [6, 6.07) is 6.18. The Morgan fingerprint density at radius 2 is 2.04 bits per heavy atom. The number of rotatable bonds is 7. The lowest BCUT2D eigenvalue weighted by molar-refractivity contribution is 0.431. The van der Waals surface area contributed by atoms with Crippen molar-refractivity contribution in [3.8, 4) is 0 Å². The van der Waals surface area contributed by atoms with Gasteiger partial charge in [-0.05, 0) is 51.4 Å². The smallest absolute Gasteiger partial charge is 0.191 e. The predicted molar refractivity (Wildman–Crippen MR) is 113 cm³/mol. The lowest BCUT2D eigenvalue weighted by Crippen LogP contribution is -2.28. The van der Waals surface area contributed by atoms with Crippen molar-refractivity contribution in [1.29, 1.82) is 0 Å². The van der Waals surface area contributed by atoms with E-state index in [1.165, 1.54) is 0 Å². The molecular weight excluding hydrogens is 389 g/mol. The van der Waals surface area contributed by atoms with Gasteiger partial charge in [0.25, 0.3) is 0 Å². The fourth-order valence-electron chi connectivity index (χ4n) is 3.08. The highest BCUT2D eigenvalue weighted by molar-refractivity contribution is 7.99. The van der Waals surface area contributed by atoms with Crippen molar-refractivity contribution < 1.29 is 0 Å². The van der Waals surface area contributed by atoms with Gasteiger partial charge in [0.2, 0.25) is 0 Å². The Bertz CT molecular complexity index is 686. The minimum absolute atomic E-state index is 0. The molecule has 0 aliphatic carbocycles. The third-order valence-corrected chi connectivity index (χ3v) is 5.27. The molecule has 1 aliphatic rings. The molecule has 0 spiro atoms. The number of nitrogens with zero attached hydrogens (tertiary/aromatic N) is 4. The molecule has 0 radical (unpaired) electrons. The highest BCUT2D eigenvalue weighted by atomic mass is 35.5. The lowest BCUT2D eigenvalue weighted by Gasteiger charge is -2.22. The van der Waals surface area contributed by atoms with Crippen LogP contribution in [0.2, 0.25) is 0 Å². The number of nitrogens with one attached hydrogen (secondary N) is 1. The zero-order valence-corrected chi connectivity index (χ0v) is 17.5. The summed E-state index contributed by atoms with van der Waals surface area (Å²) in [7, 11) is 0. The van der Waals surface area contributed by atoms with Crippen LogP contribution < -0.4 is 5.32 Å². The molecule has 0 aromatic carbocycles. The van der Waals surface area contributed by atoms with Crippen molar-refractivity contribution in [2.75, 3.05) is 18.8 Å². The van der Waals surface area contributed by atoms with Crippen LogP contribution in [0.15, 0.2) is 36.0 Å². The van der Waals surface area contributed by atoms with E-state index in [2.05, 4.69) is 43.8 Å². The molecule has 1 fully saturated rings. The standard InChI is InChI=1S/C18H25N5S.2ClH/c1-3-12-23-17(15-7-10-19-11-8-15)21-22-18(23)24-13-9-16-6-4-5-14(2)20-16;;/h3-6,15,19H,1,7-13H2,2H3;2*1H. The van der Waals surface area contributed by atoms with Crippen molar-refractivity contribution in [3.63, 3.8) is 0 Å². The van der Waals surface area contributed by atoms with Crippen molar-refractivity contribution in [2.45, 2.75) is 43.8 Å². The van der Waals surface area contributed by atoms with E-state index < -0.39 is 0 Å². The average Bonchev–Trinajstić information content (AvgIpc) is 2.99. The molecule has 144 valence electrons. The van der Waals surface area contributed by atoms with Gasteiger partial charge >= 0.3 is 0 Å². The van der Waals surface area contributed by atoms with Gasteiger partial charge in [-0.2, -0.15) is 0 Å². The van der Waals surface area contributed by atoms with Crippen LogP contribution in [0.1, 0.15) is 36.0 Å². The Morgan fingerprint density at radius 1 is 1.27 bits per heavy atom. The molecule has 2 aromatic rings. The number of halogens is 2. The summed E-state index contributed by atoms with van der Waals surface area (Å²) in [5.74, 6) is 2.58. The number of pyridine rings is 1. The Hall–Kier alpha value is -1.08. The third-order valence-electron chi connectivity index (χ3n) is 4.30. The van der Waals surface area contributed by atoms with Gasteiger partial charge in [0.1, 0.15) is 5.82 Å². The van der Waals surface area contributed by atoms with Gasteiger partial charge in [0.05, 0.1) is 0 Å². The van der Waals surface area contributed by atoms with Crippen LogP contribution in [-0.4, -0.2) is 38.6 Å². The summed E-state index contributed by atoms with van der Waals surface area (Å²) in [5, 5.41) is 13.4. The summed E-state index contributed by atoms with van der Waals surface area (Å²) < 4.78 is 2.23. The fraction of sp³-hybridized carbons (Fsp3) is 0.500. The Balaban J connectivity index is 0.00000169. The van der Waals surface area contributed by atoms with Crippen molar-refractivity contribution in [1.82, 2.24) is 25.1 Å². The van der Waals surface area contributed by atoms with Crippen LogP contribution in [0.3, 0.4) is 0 Å². The van der Waals surface area contributed by atoms with Gasteiger partial charge in [-0.15, -0.1) is 41.6 Å². The Kier molecular flexibility index (Phi) is 10.2. The Labute approximate surface area is 172 Å². The van der Waals surface area contributed by atoms with E-state index in [4.69, 9.17) is 0 Å². The summed E-state index contributed by atoms with van der Waals surface area (Å²) >= 11 is 1.76.